The highest BCUT2D eigenvalue weighted by molar-refractivity contribution is 5.96. The number of unbranched alkanes of at least 4 members (excludes halogenated alkanes) is 1. The molecule has 0 radical (unpaired) electrons. The maximum Gasteiger partial charge on any atom is 0.326 e. The van der Waals surface area contributed by atoms with Crippen molar-refractivity contribution in [1.82, 2.24) is 10.3 Å². The van der Waals surface area contributed by atoms with Gasteiger partial charge in [0.05, 0.1) is 5.56 Å². The third kappa shape index (κ3) is 4.26. The number of carbonyl (C=O) groups is 2. The van der Waals surface area contributed by atoms with Gasteiger partial charge in [0.25, 0.3) is 5.91 Å². The molecule has 5 heteroatoms. The second-order valence-corrected chi connectivity index (χ2v) is 3.70. The molecule has 1 rings (SSSR count). The number of terminal acetylenes is 1. The summed E-state index contributed by atoms with van der Waals surface area (Å²) in [5.41, 5.74) is 0.334. The predicted octanol–water partition coefficient (Wildman–Crippen LogP) is 1.07. The van der Waals surface area contributed by atoms with Gasteiger partial charge in [-0.3, -0.25) is 9.78 Å². The van der Waals surface area contributed by atoms with Gasteiger partial charge in [0.1, 0.15) is 6.04 Å². The monoisotopic (exact) mass is 246 g/mol. The summed E-state index contributed by atoms with van der Waals surface area (Å²) in [7, 11) is 0. The molecule has 1 aromatic heterocycles. The zero-order valence-corrected chi connectivity index (χ0v) is 9.80. The summed E-state index contributed by atoms with van der Waals surface area (Å²) in [6.45, 7) is 0. The molecule has 0 saturated carbocycles. The third-order valence-electron chi connectivity index (χ3n) is 2.34. The van der Waals surface area contributed by atoms with E-state index in [1.807, 2.05) is 0 Å². The van der Waals surface area contributed by atoms with Crippen molar-refractivity contribution >= 4 is 11.9 Å². The topological polar surface area (TPSA) is 79.3 Å². The first-order valence-electron chi connectivity index (χ1n) is 5.52. The number of pyridine rings is 1. The predicted molar refractivity (Wildman–Crippen MR) is 65.8 cm³/mol. The van der Waals surface area contributed by atoms with E-state index in [1.54, 1.807) is 18.3 Å². The molecular weight excluding hydrogens is 232 g/mol. The van der Waals surface area contributed by atoms with Crippen LogP contribution in [0.15, 0.2) is 24.5 Å². The fourth-order valence-electron chi connectivity index (χ4n) is 1.40. The molecule has 0 spiro atoms. The molecule has 0 saturated heterocycles. The van der Waals surface area contributed by atoms with Crippen LogP contribution < -0.4 is 5.32 Å². The van der Waals surface area contributed by atoms with Gasteiger partial charge in [0.2, 0.25) is 0 Å². The number of carbonyl (C=O) groups excluding carboxylic acids is 1. The Balaban J connectivity index is 2.59. The smallest absolute Gasteiger partial charge is 0.326 e. The van der Waals surface area contributed by atoms with E-state index in [2.05, 4.69) is 16.2 Å². The van der Waals surface area contributed by atoms with Gasteiger partial charge in [0, 0.05) is 18.8 Å². The number of carboxylic acids is 1. The molecule has 0 unspecified atom stereocenters. The minimum absolute atomic E-state index is 0.311. The molecule has 2 N–H and O–H groups in total. The van der Waals surface area contributed by atoms with Gasteiger partial charge in [-0.25, -0.2) is 4.79 Å². The lowest BCUT2D eigenvalue weighted by Crippen LogP contribution is -2.40. The Hall–Kier alpha value is -2.35. The van der Waals surface area contributed by atoms with E-state index in [0.717, 1.165) is 0 Å². The molecule has 0 aliphatic heterocycles. The SMILES string of the molecule is C#CCCC[C@H](NC(=O)c1cccnc1)C(=O)O. The van der Waals surface area contributed by atoms with E-state index in [0.29, 0.717) is 24.8 Å². The van der Waals surface area contributed by atoms with Gasteiger partial charge in [-0.2, -0.15) is 0 Å². The fourth-order valence-corrected chi connectivity index (χ4v) is 1.40. The Bertz CT molecular complexity index is 451. The standard InChI is InChI=1S/C13H14N2O3/c1-2-3-4-7-11(13(17)18)15-12(16)10-6-5-8-14-9-10/h1,5-6,8-9,11H,3-4,7H2,(H,15,16)(H,17,18)/t11-/m0/s1. The van der Waals surface area contributed by atoms with Crippen LogP contribution in [0.1, 0.15) is 29.6 Å². The van der Waals surface area contributed by atoms with Gasteiger partial charge >= 0.3 is 5.97 Å². The quantitative estimate of drug-likeness (QED) is 0.581. The summed E-state index contributed by atoms with van der Waals surface area (Å²) in [4.78, 5) is 26.5. The number of rotatable bonds is 6. The molecule has 5 nitrogen and oxygen atoms in total. The number of aliphatic carboxylic acids is 1. The first kappa shape index (κ1) is 13.7. The highest BCUT2D eigenvalue weighted by atomic mass is 16.4. The molecule has 1 heterocycles. The fraction of sp³-hybridized carbons (Fsp3) is 0.308. The molecule has 94 valence electrons. The third-order valence-corrected chi connectivity index (χ3v) is 2.34. The van der Waals surface area contributed by atoms with Crippen molar-refractivity contribution in [3.8, 4) is 12.3 Å². The molecule has 0 fully saturated rings. The van der Waals surface area contributed by atoms with Crippen molar-refractivity contribution in [3.05, 3.63) is 30.1 Å². The number of aromatic nitrogens is 1. The summed E-state index contributed by atoms with van der Waals surface area (Å²) < 4.78 is 0. The van der Waals surface area contributed by atoms with Crippen LogP contribution in [0.5, 0.6) is 0 Å². The first-order valence-corrected chi connectivity index (χ1v) is 5.52. The minimum Gasteiger partial charge on any atom is -0.480 e. The van der Waals surface area contributed by atoms with Crippen LogP contribution >= 0.6 is 0 Å². The maximum absolute atomic E-state index is 11.7. The lowest BCUT2D eigenvalue weighted by atomic mass is 10.1. The lowest BCUT2D eigenvalue weighted by molar-refractivity contribution is -0.139. The van der Waals surface area contributed by atoms with Crippen molar-refractivity contribution in [1.29, 1.82) is 0 Å². The van der Waals surface area contributed by atoms with Crippen LogP contribution in [0.4, 0.5) is 0 Å². The van der Waals surface area contributed by atoms with Crippen LogP contribution in [0, 0.1) is 12.3 Å². The Morgan fingerprint density at radius 2 is 2.33 bits per heavy atom. The largest absolute Gasteiger partial charge is 0.480 e. The van der Waals surface area contributed by atoms with Crippen LogP contribution in [0.25, 0.3) is 0 Å². The maximum atomic E-state index is 11.7. The summed E-state index contributed by atoms with van der Waals surface area (Å²) >= 11 is 0. The number of amides is 1. The number of nitrogens with zero attached hydrogens (tertiary/aromatic N) is 1. The lowest BCUT2D eigenvalue weighted by Gasteiger charge is -2.13. The van der Waals surface area contributed by atoms with E-state index >= 15 is 0 Å². The normalized spacial score (nSPS) is 11.3. The minimum atomic E-state index is -1.07. The number of nitrogens with one attached hydrogen (secondary N) is 1. The first-order chi connectivity index (χ1) is 8.65. The van der Waals surface area contributed by atoms with E-state index in [1.165, 1.54) is 6.20 Å². The van der Waals surface area contributed by atoms with Crippen molar-refractivity contribution in [2.24, 2.45) is 0 Å². The van der Waals surface area contributed by atoms with Gasteiger partial charge in [-0.1, -0.05) is 0 Å². The zero-order chi connectivity index (χ0) is 13.4. The molecule has 0 aliphatic carbocycles. The molecule has 0 aliphatic rings. The van der Waals surface area contributed by atoms with Crippen molar-refractivity contribution in [2.45, 2.75) is 25.3 Å². The number of carboxylic acid groups (broad SMARTS) is 1. The molecule has 1 aromatic rings. The van der Waals surface area contributed by atoms with Crippen molar-refractivity contribution in [2.75, 3.05) is 0 Å². The number of hydrogen-bond donors (Lipinski definition) is 2. The summed E-state index contributed by atoms with van der Waals surface area (Å²) in [6.07, 6.45) is 9.37. The highest BCUT2D eigenvalue weighted by Gasteiger charge is 2.19. The number of hydrogen-bond acceptors (Lipinski definition) is 3. The van der Waals surface area contributed by atoms with Gasteiger partial charge < -0.3 is 10.4 Å². The van der Waals surface area contributed by atoms with E-state index in [4.69, 9.17) is 11.5 Å². The molecular formula is C13H14N2O3. The molecule has 1 amide bonds. The molecule has 1 atom stereocenters. The van der Waals surface area contributed by atoms with E-state index in [-0.39, 0.29) is 0 Å². The Kier molecular flexibility index (Phi) is 5.39. The van der Waals surface area contributed by atoms with Crippen molar-refractivity contribution < 1.29 is 14.7 Å². The van der Waals surface area contributed by atoms with Crippen LogP contribution in [0.2, 0.25) is 0 Å². The Morgan fingerprint density at radius 3 is 2.89 bits per heavy atom. The van der Waals surface area contributed by atoms with Gasteiger partial charge in [-0.05, 0) is 25.0 Å². The molecule has 0 aromatic carbocycles. The van der Waals surface area contributed by atoms with E-state index in [9.17, 15) is 9.59 Å². The second kappa shape index (κ2) is 7.07. The molecule has 18 heavy (non-hydrogen) atoms. The van der Waals surface area contributed by atoms with Crippen LogP contribution in [-0.4, -0.2) is 28.0 Å². The average molecular weight is 246 g/mol. The Labute approximate surface area is 105 Å². The zero-order valence-electron chi connectivity index (χ0n) is 9.80. The Morgan fingerprint density at radius 1 is 1.56 bits per heavy atom. The summed E-state index contributed by atoms with van der Waals surface area (Å²) in [5.74, 6) is 0.918. The van der Waals surface area contributed by atoms with Crippen molar-refractivity contribution in [3.63, 3.8) is 0 Å². The van der Waals surface area contributed by atoms with Gasteiger partial charge in [0.15, 0.2) is 0 Å². The molecule has 0 bridgehead atoms. The highest BCUT2D eigenvalue weighted by Crippen LogP contribution is 2.03. The van der Waals surface area contributed by atoms with Crippen LogP contribution in [-0.2, 0) is 4.79 Å². The van der Waals surface area contributed by atoms with Gasteiger partial charge in [-0.15, -0.1) is 12.3 Å². The summed E-state index contributed by atoms with van der Waals surface area (Å²) in [5, 5.41) is 11.4. The van der Waals surface area contributed by atoms with Crippen LogP contribution in [0.3, 0.4) is 0 Å². The summed E-state index contributed by atoms with van der Waals surface area (Å²) in [6, 6.07) is 2.26. The average Bonchev–Trinajstić information content (AvgIpc) is 2.38. The van der Waals surface area contributed by atoms with E-state index < -0.39 is 17.9 Å². The second-order valence-electron chi connectivity index (χ2n) is 3.70.